The summed E-state index contributed by atoms with van der Waals surface area (Å²) in [5, 5.41) is 7.08. The number of carbonyl (C=O) groups excluding carboxylic acids is 1. The van der Waals surface area contributed by atoms with Crippen LogP contribution in [0.1, 0.15) is 30.2 Å². The van der Waals surface area contributed by atoms with Crippen LogP contribution in [-0.4, -0.2) is 31.7 Å². The standard InChI is InChI=1S/C25H24FN5O3/c1-15-4-7-18(8-5-15)27-21(32)14-30-16(2)12-22(33)31-24(30)28-23(29-31)19-9-6-17(13-20(19)26)25(3)10-11-34-25/h4-9,12-13H,10-11,14H2,1-3H3,(H,27,32). The molecule has 8 nitrogen and oxygen atoms in total. The minimum atomic E-state index is -0.502. The van der Waals surface area contributed by atoms with Gasteiger partial charge in [0.05, 0.1) is 17.8 Å². The Morgan fingerprint density at radius 2 is 1.91 bits per heavy atom. The van der Waals surface area contributed by atoms with E-state index < -0.39 is 17.0 Å². The second-order valence-electron chi connectivity index (χ2n) is 8.80. The van der Waals surface area contributed by atoms with Crippen molar-refractivity contribution in [1.82, 2.24) is 19.2 Å². The van der Waals surface area contributed by atoms with E-state index in [2.05, 4.69) is 15.4 Å². The molecule has 1 aliphatic heterocycles. The first-order chi connectivity index (χ1) is 16.2. The first-order valence-corrected chi connectivity index (χ1v) is 11.0. The highest BCUT2D eigenvalue weighted by Crippen LogP contribution is 2.38. The summed E-state index contributed by atoms with van der Waals surface area (Å²) in [6.07, 6.45) is 0.821. The number of amides is 1. The fourth-order valence-corrected chi connectivity index (χ4v) is 4.05. The normalized spacial score (nSPS) is 17.5. The number of aromatic nitrogens is 4. The van der Waals surface area contributed by atoms with Gasteiger partial charge in [-0.25, -0.2) is 4.39 Å². The molecular weight excluding hydrogens is 437 g/mol. The monoisotopic (exact) mass is 461 g/mol. The van der Waals surface area contributed by atoms with Crippen LogP contribution in [0, 0.1) is 19.7 Å². The van der Waals surface area contributed by atoms with E-state index in [0.717, 1.165) is 22.1 Å². The molecule has 0 aliphatic carbocycles. The van der Waals surface area contributed by atoms with Gasteiger partial charge in [0, 0.05) is 23.9 Å². The van der Waals surface area contributed by atoms with E-state index >= 15 is 4.39 Å². The molecule has 5 rings (SSSR count). The zero-order valence-electron chi connectivity index (χ0n) is 19.1. The molecule has 1 fully saturated rings. The summed E-state index contributed by atoms with van der Waals surface area (Å²) in [6, 6.07) is 13.6. The van der Waals surface area contributed by atoms with Gasteiger partial charge < -0.3 is 14.6 Å². The first kappa shape index (κ1) is 22.0. The minimum absolute atomic E-state index is 0.0686. The van der Waals surface area contributed by atoms with Gasteiger partial charge in [0.25, 0.3) is 5.56 Å². The Bertz CT molecular complexity index is 1470. The number of fused-ring (bicyclic) bond motifs is 1. The third-order valence-electron chi connectivity index (χ3n) is 6.26. The zero-order chi connectivity index (χ0) is 24.0. The first-order valence-electron chi connectivity index (χ1n) is 11.0. The van der Waals surface area contributed by atoms with Crippen LogP contribution in [0.5, 0.6) is 0 Å². The molecule has 1 saturated heterocycles. The highest BCUT2D eigenvalue weighted by atomic mass is 19.1. The molecule has 1 atom stereocenters. The van der Waals surface area contributed by atoms with Crippen molar-refractivity contribution in [2.24, 2.45) is 0 Å². The fraction of sp³-hybridized carbons (Fsp3) is 0.280. The number of hydrogen-bond donors (Lipinski definition) is 1. The number of benzene rings is 2. The number of hydrogen-bond acceptors (Lipinski definition) is 5. The molecule has 1 N–H and O–H groups in total. The lowest BCUT2D eigenvalue weighted by atomic mass is 9.88. The smallest absolute Gasteiger partial charge is 0.275 e. The van der Waals surface area contributed by atoms with Crippen molar-refractivity contribution in [3.05, 3.63) is 81.5 Å². The highest BCUT2D eigenvalue weighted by Gasteiger charge is 2.35. The van der Waals surface area contributed by atoms with Crippen molar-refractivity contribution in [2.45, 2.75) is 39.3 Å². The summed E-state index contributed by atoms with van der Waals surface area (Å²) in [7, 11) is 0. The van der Waals surface area contributed by atoms with Crippen molar-refractivity contribution < 1.29 is 13.9 Å². The molecule has 1 aliphatic rings. The summed E-state index contributed by atoms with van der Waals surface area (Å²) in [4.78, 5) is 29.7. The number of carbonyl (C=O) groups is 1. The molecule has 1 unspecified atom stereocenters. The summed E-state index contributed by atoms with van der Waals surface area (Å²) in [5.41, 5.74) is 2.31. The van der Waals surface area contributed by atoms with Gasteiger partial charge in [0.1, 0.15) is 12.4 Å². The zero-order valence-corrected chi connectivity index (χ0v) is 19.1. The van der Waals surface area contributed by atoms with Crippen LogP contribution in [0.2, 0.25) is 0 Å². The molecule has 0 spiro atoms. The Morgan fingerprint density at radius 1 is 1.18 bits per heavy atom. The predicted octanol–water partition coefficient (Wildman–Crippen LogP) is 3.59. The van der Waals surface area contributed by atoms with Gasteiger partial charge in [-0.05, 0) is 50.6 Å². The topological polar surface area (TPSA) is 90.5 Å². The van der Waals surface area contributed by atoms with E-state index in [1.54, 1.807) is 23.6 Å². The predicted molar refractivity (Wildman–Crippen MR) is 125 cm³/mol. The average molecular weight is 461 g/mol. The summed E-state index contributed by atoms with van der Waals surface area (Å²) >= 11 is 0. The molecule has 9 heteroatoms. The molecule has 0 radical (unpaired) electrons. The van der Waals surface area contributed by atoms with Crippen molar-refractivity contribution in [3.63, 3.8) is 0 Å². The van der Waals surface area contributed by atoms with E-state index in [0.29, 0.717) is 18.0 Å². The molecule has 34 heavy (non-hydrogen) atoms. The van der Waals surface area contributed by atoms with Crippen LogP contribution in [0.15, 0.2) is 53.3 Å². The fourth-order valence-electron chi connectivity index (χ4n) is 4.05. The summed E-state index contributed by atoms with van der Waals surface area (Å²) in [5.74, 6) is -0.555. The molecule has 0 bridgehead atoms. The molecule has 174 valence electrons. The van der Waals surface area contributed by atoms with Gasteiger partial charge in [0.2, 0.25) is 11.7 Å². The van der Waals surface area contributed by atoms with Crippen molar-refractivity contribution in [3.8, 4) is 11.4 Å². The lowest BCUT2D eigenvalue weighted by molar-refractivity contribution is -0.140. The number of rotatable bonds is 5. The maximum atomic E-state index is 15.0. The number of anilines is 1. The molecule has 4 aromatic rings. The van der Waals surface area contributed by atoms with Crippen molar-refractivity contribution >= 4 is 17.4 Å². The lowest BCUT2D eigenvalue weighted by Gasteiger charge is -2.39. The number of ether oxygens (including phenoxy) is 1. The van der Waals surface area contributed by atoms with Crippen LogP contribution in [0.4, 0.5) is 10.1 Å². The van der Waals surface area contributed by atoms with E-state index in [1.165, 1.54) is 12.1 Å². The van der Waals surface area contributed by atoms with Gasteiger partial charge in [-0.15, -0.1) is 5.10 Å². The quantitative estimate of drug-likeness (QED) is 0.491. The SMILES string of the molecule is Cc1ccc(NC(=O)Cn2c(C)cc(=O)n3nc(-c4ccc(C5(C)CCO5)cc4F)nc23)cc1. The minimum Gasteiger partial charge on any atom is -0.370 e. The molecule has 2 aromatic heterocycles. The molecule has 1 amide bonds. The molecule has 0 saturated carbocycles. The van der Waals surface area contributed by atoms with Crippen LogP contribution in [0.25, 0.3) is 17.2 Å². The van der Waals surface area contributed by atoms with E-state index in [4.69, 9.17) is 4.74 Å². The molecule has 3 heterocycles. The molecular formula is C25H24FN5O3. The van der Waals surface area contributed by atoms with Gasteiger partial charge in [-0.2, -0.15) is 9.50 Å². The second kappa shape index (κ2) is 8.18. The van der Waals surface area contributed by atoms with Crippen LogP contribution < -0.4 is 10.9 Å². The summed E-state index contributed by atoms with van der Waals surface area (Å²) < 4.78 is 23.3. The summed E-state index contributed by atoms with van der Waals surface area (Å²) in [6.45, 7) is 6.16. The Labute approximate surface area is 195 Å². The van der Waals surface area contributed by atoms with Gasteiger partial charge in [0.15, 0.2) is 5.82 Å². The Balaban J connectivity index is 1.49. The number of aryl methyl sites for hydroxylation is 2. The van der Waals surface area contributed by atoms with E-state index in [9.17, 15) is 9.59 Å². The molecule has 2 aromatic carbocycles. The number of halogens is 1. The van der Waals surface area contributed by atoms with Gasteiger partial charge >= 0.3 is 0 Å². The third-order valence-corrected chi connectivity index (χ3v) is 6.26. The highest BCUT2D eigenvalue weighted by molar-refractivity contribution is 5.90. The Kier molecular flexibility index (Phi) is 5.28. The largest absolute Gasteiger partial charge is 0.370 e. The Morgan fingerprint density at radius 3 is 2.56 bits per heavy atom. The maximum Gasteiger partial charge on any atom is 0.275 e. The van der Waals surface area contributed by atoms with E-state index in [1.807, 2.05) is 38.1 Å². The van der Waals surface area contributed by atoms with Crippen LogP contribution in [-0.2, 0) is 21.7 Å². The van der Waals surface area contributed by atoms with E-state index in [-0.39, 0.29) is 29.6 Å². The van der Waals surface area contributed by atoms with Crippen LogP contribution >= 0.6 is 0 Å². The van der Waals surface area contributed by atoms with Gasteiger partial charge in [-0.1, -0.05) is 23.8 Å². The van der Waals surface area contributed by atoms with Crippen molar-refractivity contribution in [1.29, 1.82) is 0 Å². The Hall–Kier alpha value is -3.85. The third kappa shape index (κ3) is 3.88. The number of nitrogens with one attached hydrogen (secondary N) is 1. The van der Waals surface area contributed by atoms with Crippen molar-refractivity contribution in [2.75, 3.05) is 11.9 Å². The number of nitrogens with zero attached hydrogens (tertiary/aromatic N) is 4. The second-order valence-corrected chi connectivity index (χ2v) is 8.80. The van der Waals surface area contributed by atoms with Gasteiger partial charge in [-0.3, -0.25) is 9.59 Å². The lowest BCUT2D eigenvalue weighted by Crippen LogP contribution is -2.37. The average Bonchev–Trinajstić information content (AvgIpc) is 3.22. The maximum absolute atomic E-state index is 15.0. The van der Waals surface area contributed by atoms with Crippen LogP contribution in [0.3, 0.4) is 0 Å².